The van der Waals surface area contributed by atoms with Gasteiger partial charge in [0.2, 0.25) is 17.6 Å². The van der Waals surface area contributed by atoms with Crippen LogP contribution in [0.25, 0.3) is 11.4 Å². The molecule has 1 atom stereocenters. The average Bonchev–Trinajstić information content (AvgIpc) is 3.24. The molecule has 132 valence electrons. The van der Waals surface area contributed by atoms with Crippen molar-refractivity contribution in [3.8, 4) is 11.4 Å². The standard InChI is InChI=1S/C21H21N3O2/c1-14-6-5-9-16(10-14)20-22-21(26-23-20)18-11-19(25)24(13-18)12-17-8-4-3-7-15(17)2/h3-10,18H,11-13H2,1-2H3. The third kappa shape index (κ3) is 3.25. The van der Waals surface area contributed by atoms with Gasteiger partial charge in [0.05, 0.1) is 5.92 Å². The second-order valence-corrected chi connectivity index (χ2v) is 6.93. The predicted octanol–water partition coefficient (Wildman–Crippen LogP) is 3.87. The first-order chi connectivity index (χ1) is 12.6. The molecule has 3 aromatic rings. The van der Waals surface area contributed by atoms with E-state index in [0.29, 0.717) is 31.2 Å². The molecular formula is C21H21N3O2. The third-order valence-corrected chi connectivity index (χ3v) is 4.90. The van der Waals surface area contributed by atoms with E-state index < -0.39 is 0 Å². The van der Waals surface area contributed by atoms with Crippen molar-refractivity contribution in [1.82, 2.24) is 15.0 Å². The summed E-state index contributed by atoms with van der Waals surface area (Å²) in [7, 11) is 0. The summed E-state index contributed by atoms with van der Waals surface area (Å²) in [4.78, 5) is 18.9. The summed E-state index contributed by atoms with van der Waals surface area (Å²) in [6, 6.07) is 16.2. The maximum Gasteiger partial charge on any atom is 0.232 e. The fourth-order valence-corrected chi connectivity index (χ4v) is 3.39. The van der Waals surface area contributed by atoms with Crippen LogP contribution in [-0.4, -0.2) is 27.5 Å². The summed E-state index contributed by atoms with van der Waals surface area (Å²) in [5, 5.41) is 4.10. The Morgan fingerprint density at radius 3 is 2.81 bits per heavy atom. The molecule has 0 aliphatic carbocycles. The first-order valence-electron chi connectivity index (χ1n) is 8.83. The molecule has 26 heavy (non-hydrogen) atoms. The molecule has 0 saturated carbocycles. The van der Waals surface area contributed by atoms with Crippen LogP contribution in [0.1, 0.15) is 34.9 Å². The first kappa shape index (κ1) is 16.5. The maximum atomic E-state index is 12.4. The summed E-state index contributed by atoms with van der Waals surface area (Å²) >= 11 is 0. The van der Waals surface area contributed by atoms with Crippen LogP contribution in [0.4, 0.5) is 0 Å². The van der Waals surface area contributed by atoms with E-state index in [-0.39, 0.29) is 11.8 Å². The van der Waals surface area contributed by atoms with Crippen molar-refractivity contribution in [3.63, 3.8) is 0 Å². The van der Waals surface area contributed by atoms with Crippen LogP contribution in [0, 0.1) is 13.8 Å². The molecular weight excluding hydrogens is 326 g/mol. The van der Waals surface area contributed by atoms with Crippen LogP contribution < -0.4 is 0 Å². The Balaban J connectivity index is 1.50. The van der Waals surface area contributed by atoms with Gasteiger partial charge in [0.1, 0.15) is 0 Å². The van der Waals surface area contributed by atoms with E-state index in [4.69, 9.17) is 4.52 Å². The Morgan fingerprint density at radius 2 is 2.00 bits per heavy atom. The van der Waals surface area contributed by atoms with Crippen molar-refractivity contribution in [2.45, 2.75) is 32.7 Å². The number of nitrogens with zero attached hydrogens (tertiary/aromatic N) is 3. The monoisotopic (exact) mass is 347 g/mol. The largest absolute Gasteiger partial charge is 0.339 e. The maximum absolute atomic E-state index is 12.4. The summed E-state index contributed by atoms with van der Waals surface area (Å²) < 4.78 is 5.47. The van der Waals surface area contributed by atoms with E-state index in [0.717, 1.165) is 11.1 Å². The molecule has 2 heterocycles. The number of carbonyl (C=O) groups is 1. The molecule has 1 aliphatic heterocycles. The number of hydrogen-bond donors (Lipinski definition) is 0. The van der Waals surface area contributed by atoms with E-state index in [1.807, 2.05) is 48.2 Å². The first-order valence-corrected chi connectivity index (χ1v) is 8.83. The smallest absolute Gasteiger partial charge is 0.232 e. The van der Waals surface area contributed by atoms with Crippen molar-refractivity contribution in [1.29, 1.82) is 0 Å². The lowest BCUT2D eigenvalue weighted by Crippen LogP contribution is -2.24. The minimum atomic E-state index is -0.0439. The molecule has 0 spiro atoms. The molecule has 5 heteroatoms. The fraction of sp³-hybridized carbons (Fsp3) is 0.286. The Kier molecular flexibility index (Phi) is 4.29. The van der Waals surface area contributed by atoms with Crippen molar-refractivity contribution in [3.05, 3.63) is 71.1 Å². The van der Waals surface area contributed by atoms with E-state index in [2.05, 4.69) is 29.2 Å². The predicted molar refractivity (Wildman–Crippen MR) is 98.4 cm³/mol. The highest BCUT2D eigenvalue weighted by Crippen LogP contribution is 2.30. The Morgan fingerprint density at radius 1 is 1.15 bits per heavy atom. The molecule has 1 aliphatic rings. The zero-order chi connectivity index (χ0) is 18.1. The zero-order valence-electron chi connectivity index (χ0n) is 15.0. The number of hydrogen-bond acceptors (Lipinski definition) is 4. The van der Waals surface area contributed by atoms with Crippen molar-refractivity contribution >= 4 is 5.91 Å². The molecule has 1 amide bonds. The third-order valence-electron chi connectivity index (χ3n) is 4.90. The highest BCUT2D eigenvalue weighted by Gasteiger charge is 2.34. The molecule has 1 fully saturated rings. The lowest BCUT2D eigenvalue weighted by atomic mass is 10.1. The minimum Gasteiger partial charge on any atom is -0.339 e. The number of benzene rings is 2. The van der Waals surface area contributed by atoms with Crippen molar-refractivity contribution < 1.29 is 9.32 Å². The van der Waals surface area contributed by atoms with E-state index >= 15 is 0 Å². The number of likely N-dealkylation sites (tertiary alicyclic amines) is 1. The van der Waals surface area contributed by atoms with Gasteiger partial charge in [-0.1, -0.05) is 53.2 Å². The lowest BCUT2D eigenvalue weighted by molar-refractivity contribution is -0.128. The summed E-state index contributed by atoms with van der Waals surface area (Å²) in [5.74, 6) is 1.21. The molecule has 0 bridgehead atoms. The van der Waals surface area contributed by atoms with Crippen LogP contribution in [0.15, 0.2) is 53.1 Å². The van der Waals surface area contributed by atoms with Crippen LogP contribution in [0.3, 0.4) is 0 Å². The number of rotatable bonds is 4. The summed E-state index contributed by atoms with van der Waals surface area (Å²) in [6.45, 7) is 5.34. The molecule has 1 aromatic heterocycles. The van der Waals surface area contributed by atoms with Crippen LogP contribution in [0.5, 0.6) is 0 Å². The average molecular weight is 347 g/mol. The molecule has 0 radical (unpaired) electrons. The number of carbonyl (C=O) groups excluding carboxylic acids is 1. The number of amides is 1. The van der Waals surface area contributed by atoms with Gasteiger partial charge in [0.25, 0.3) is 0 Å². The lowest BCUT2D eigenvalue weighted by Gasteiger charge is -2.17. The van der Waals surface area contributed by atoms with Crippen LogP contribution >= 0.6 is 0 Å². The van der Waals surface area contributed by atoms with Gasteiger partial charge in [-0.3, -0.25) is 4.79 Å². The van der Waals surface area contributed by atoms with Gasteiger partial charge < -0.3 is 9.42 Å². The SMILES string of the molecule is Cc1cccc(-c2noc(C3CC(=O)N(Cc4ccccc4C)C3)n2)c1. The van der Waals surface area contributed by atoms with Gasteiger partial charge in [-0.2, -0.15) is 4.98 Å². The second-order valence-electron chi connectivity index (χ2n) is 6.93. The molecule has 1 saturated heterocycles. The Hall–Kier alpha value is -2.95. The zero-order valence-corrected chi connectivity index (χ0v) is 15.0. The van der Waals surface area contributed by atoms with Gasteiger partial charge in [-0.15, -0.1) is 0 Å². The molecule has 1 unspecified atom stereocenters. The van der Waals surface area contributed by atoms with Crippen LogP contribution in [0.2, 0.25) is 0 Å². The molecule has 2 aromatic carbocycles. The van der Waals surface area contributed by atoms with Crippen LogP contribution in [-0.2, 0) is 11.3 Å². The highest BCUT2D eigenvalue weighted by atomic mass is 16.5. The van der Waals surface area contributed by atoms with Gasteiger partial charge >= 0.3 is 0 Å². The minimum absolute atomic E-state index is 0.0439. The normalized spacial score (nSPS) is 17.1. The van der Waals surface area contributed by atoms with E-state index in [1.54, 1.807) is 0 Å². The van der Waals surface area contributed by atoms with Crippen molar-refractivity contribution in [2.24, 2.45) is 0 Å². The van der Waals surface area contributed by atoms with Crippen molar-refractivity contribution in [2.75, 3.05) is 6.54 Å². The molecule has 4 rings (SSSR count). The van der Waals surface area contributed by atoms with Gasteiger partial charge in [-0.05, 0) is 31.0 Å². The topological polar surface area (TPSA) is 59.2 Å². The quantitative estimate of drug-likeness (QED) is 0.719. The molecule has 5 nitrogen and oxygen atoms in total. The highest BCUT2D eigenvalue weighted by molar-refractivity contribution is 5.79. The van der Waals surface area contributed by atoms with Gasteiger partial charge in [-0.25, -0.2) is 0 Å². The number of aryl methyl sites for hydroxylation is 2. The number of aromatic nitrogens is 2. The second kappa shape index (κ2) is 6.75. The summed E-state index contributed by atoms with van der Waals surface area (Å²) in [6.07, 6.45) is 0.418. The van der Waals surface area contributed by atoms with E-state index in [1.165, 1.54) is 11.1 Å². The van der Waals surface area contributed by atoms with Gasteiger partial charge in [0.15, 0.2) is 0 Å². The van der Waals surface area contributed by atoms with Gasteiger partial charge in [0, 0.05) is 25.1 Å². The summed E-state index contributed by atoms with van der Waals surface area (Å²) in [5.41, 5.74) is 4.45. The molecule has 0 N–H and O–H groups in total. The van der Waals surface area contributed by atoms with E-state index in [9.17, 15) is 4.79 Å². The Bertz CT molecular complexity index is 948. The fourth-order valence-electron chi connectivity index (χ4n) is 3.39. The Labute approximate surface area is 152 Å².